The van der Waals surface area contributed by atoms with Crippen molar-refractivity contribution in [3.8, 4) is 11.3 Å². The van der Waals surface area contributed by atoms with Gasteiger partial charge in [0.1, 0.15) is 6.54 Å². The summed E-state index contributed by atoms with van der Waals surface area (Å²) in [4.78, 5) is 17.1. The fraction of sp³-hybridized carbons (Fsp3) is 0.174. The molecule has 0 aliphatic rings. The van der Waals surface area contributed by atoms with Gasteiger partial charge in [-0.05, 0) is 31.2 Å². The summed E-state index contributed by atoms with van der Waals surface area (Å²) in [6, 6.07) is 12.5. The SMILES string of the molecule is Cc1nn(CC(=O)Nc2cc(C(F)(F)F)ccc2Cl)c2nc(-c3ccccc3)cc(C(F)F)c12. The summed E-state index contributed by atoms with van der Waals surface area (Å²) in [5, 5.41) is 6.52. The molecule has 5 nitrogen and oxygen atoms in total. The maximum Gasteiger partial charge on any atom is 0.416 e. The first-order valence-electron chi connectivity index (χ1n) is 9.93. The molecule has 2 aromatic heterocycles. The second-order valence-corrected chi connectivity index (χ2v) is 7.85. The molecule has 4 rings (SSSR count). The van der Waals surface area contributed by atoms with Crippen molar-refractivity contribution in [3.05, 3.63) is 76.4 Å². The number of hydrogen-bond donors (Lipinski definition) is 1. The van der Waals surface area contributed by atoms with Gasteiger partial charge in [-0.1, -0.05) is 41.9 Å². The van der Waals surface area contributed by atoms with Gasteiger partial charge in [-0.25, -0.2) is 18.4 Å². The molecule has 0 saturated carbocycles. The van der Waals surface area contributed by atoms with Crippen molar-refractivity contribution in [2.24, 2.45) is 0 Å². The Morgan fingerprint density at radius 3 is 2.47 bits per heavy atom. The molecule has 0 atom stereocenters. The van der Waals surface area contributed by atoms with Gasteiger partial charge in [0.05, 0.1) is 33.0 Å². The smallest absolute Gasteiger partial charge is 0.323 e. The molecule has 34 heavy (non-hydrogen) atoms. The number of halogens is 6. The number of amides is 1. The van der Waals surface area contributed by atoms with E-state index in [1.807, 2.05) is 0 Å². The number of fused-ring (bicyclic) bond motifs is 1. The number of carbonyl (C=O) groups excluding carboxylic acids is 1. The summed E-state index contributed by atoms with van der Waals surface area (Å²) in [5.41, 5.74) is -0.345. The zero-order chi connectivity index (χ0) is 24.6. The van der Waals surface area contributed by atoms with E-state index in [4.69, 9.17) is 11.6 Å². The summed E-state index contributed by atoms with van der Waals surface area (Å²) >= 11 is 5.94. The van der Waals surface area contributed by atoms with Crippen LogP contribution in [0.15, 0.2) is 54.6 Å². The topological polar surface area (TPSA) is 59.8 Å². The van der Waals surface area contributed by atoms with E-state index in [1.165, 1.54) is 13.0 Å². The molecule has 0 aliphatic heterocycles. The molecule has 0 spiro atoms. The zero-order valence-electron chi connectivity index (χ0n) is 17.5. The van der Waals surface area contributed by atoms with Gasteiger partial charge in [-0.3, -0.25) is 4.79 Å². The molecule has 0 aliphatic carbocycles. The monoisotopic (exact) mass is 494 g/mol. The lowest BCUT2D eigenvalue weighted by molar-refractivity contribution is -0.137. The molecular formula is C23H16ClF5N4O. The van der Waals surface area contributed by atoms with E-state index >= 15 is 0 Å². The highest BCUT2D eigenvalue weighted by atomic mass is 35.5. The quantitative estimate of drug-likeness (QED) is 0.316. The van der Waals surface area contributed by atoms with Crippen molar-refractivity contribution in [3.63, 3.8) is 0 Å². The fourth-order valence-electron chi connectivity index (χ4n) is 3.55. The average Bonchev–Trinajstić information content (AvgIpc) is 3.09. The number of alkyl halides is 5. The number of aryl methyl sites for hydroxylation is 1. The Hall–Kier alpha value is -3.53. The van der Waals surface area contributed by atoms with Gasteiger partial charge in [0.2, 0.25) is 5.91 Å². The van der Waals surface area contributed by atoms with Crippen LogP contribution in [0.2, 0.25) is 5.02 Å². The number of aromatic nitrogens is 3. The second-order valence-electron chi connectivity index (χ2n) is 7.45. The maximum absolute atomic E-state index is 13.9. The standard InChI is InChI=1S/C23H16ClF5N4O/c1-12-20-15(21(25)26)10-17(13-5-3-2-4-6-13)31-22(20)33(32-12)11-19(34)30-18-9-14(23(27,28)29)7-8-16(18)24/h2-10,21H,11H2,1H3,(H,30,34). The van der Waals surface area contributed by atoms with Crippen LogP contribution >= 0.6 is 11.6 Å². The predicted octanol–water partition coefficient (Wildman–Crippen LogP) is 6.66. The third-order valence-electron chi connectivity index (χ3n) is 5.07. The summed E-state index contributed by atoms with van der Waals surface area (Å²) in [6.07, 6.45) is -7.44. The van der Waals surface area contributed by atoms with Gasteiger partial charge in [-0.15, -0.1) is 0 Å². The summed E-state index contributed by atoms with van der Waals surface area (Å²) in [7, 11) is 0. The van der Waals surface area contributed by atoms with Crippen LogP contribution in [0, 0.1) is 6.92 Å². The molecule has 0 unspecified atom stereocenters. The largest absolute Gasteiger partial charge is 0.416 e. The van der Waals surface area contributed by atoms with Gasteiger partial charge in [0, 0.05) is 11.1 Å². The highest BCUT2D eigenvalue weighted by molar-refractivity contribution is 6.33. The van der Waals surface area contributed by atoms with E-state index in [2.05, 4.69) is 15.4 Å². The van der Waals surface area contributed by atoms with Crippen LogP contribution in [-0.4, -0.2) is 20.7 Å². The van der Waals surface area contributed by atoms with Gasteiger partial charge >= 0.3 is 6.18 Å². The summed E-state index contributed by atoms with van der Waals surface area (Å²) in [6.45, 7) is 1.03. The lowest BCUT2D eigenvalue weighted by Crippen LogP contribution is -2.20. The van der Waals surface area contributed by atoms with Crippen molar-refractivity contribution >= 4 is 34.2 Å². The third-order valence-corrected chi connectivity index (χ3v) is 5.40. The van der Waals surface area contributed by atoms with Crippen molar-refractivity contribution in [2.45, 2.75) is 26.1 Å². The minimum absolute atomic E-state index is 0.0550. The van der Waals surface area contributed by atoms with Gasteiger partial charge in [-0.2, -0.15) is 18.3 Å². The molecule has 0 fully saturated rings. The maximum atomic E-state index is 13.9. The minimum atomic E-state index is -4.62. The van der Waals surface area contributed by atoms with Crippen molar-refractivity contribution in [1.82, 2.24) is 14.8 Å². The average molecular weight is 495 g/mol. The van der Waals surface area contributed by atoms with E-state index in [-0.39, 0.29) is 38.7 Å². The predicted molar refractivity (Wildman–Crippen MR) is 118 cm³/mol. The zero-order valence-corrected chi connectivity index (χ0v) is 18.3. The van der Waals surface area contributed by atoms with Crippen molar-refractivity contribution in [2.75, 3.05) is 5.32 Å². The van der Waals surface area contributed by atoms with Crippen LogP contribution in [0.5, 0.6) is 0 Å². The van der Waals surface area contributed by atoms with Crippen LogP contribution in [-0.2, 0) is 17.5 Å². The van der Waals surface area contributed by atoms with Gasteiger partial charge in [0.15, 0.2) is 5.65 Å². The summed E-state index contributed by atoms with van der Waals surface area (Å²) < 4.78 is 67.9. The number of nitrogens with zero attached hydrogens (tertiary/aromatic N) is 3. The second kappa shape index (κ2) is 9.02. The lowest BCUT2D eigenvalue weighted by atomic mass is 10.1. The van der Waals surface area contributed by atoms with E-state index in [9.17, 15) is 26.7 Å². The van der Waals surface area contributed by atoms with E-state index in [0.717, 1.165) is 16.8 Å². The molecule has 11 heteroatoms. The molecule has 0 bridgehead atoms. The van der Waals surface area contributed by atoms with E-state index in [1.54, 1.807) is 30.3 Å². The number of benzene rings is 2. The molecule has 176 valence electrons. The van der Waals surface area contributed by atoms with Crippen LogP contribution in [0.3, 0.4) is 0 Å². The first-order chi connectivity index (χ1) is 16.0. The highest BCUT2D eigenvalue weighted by Gasteiger charge is 2.31. The number of carbonyl (C=O) groups is 1. The number of hydrogen-bond acceptors (Lipinski definition) is 3. The Bertz CT molecular complexity index is 1370. The Labute approximate surface area is 195 Å². The molecule has 0 saturated heterocycles. The Balaban J connectivity index is 1.71. The van der Waals surface area contributed by atoms with Crippen molar-refractivity contribution in [1.29, 1.82) is 0 Å². The third kappa shape index (κ3) is 4.72. The Morgan fingerprint density at radius 1 is 1.12 bits per heavy atom. The van der Waals surface area contributed by atoms with Gasteiger partial charge in [0.25, 0.3) is 6.43 Å². The first-order valence-corrected chi connectivity index (χ1v) is 10.3. The Kier molecular flexibility index (Phi) is 6.26. The van der Waals surface area contributed by atoms with Crippen molar-refractivity contribution < 1.29 is 26.7 Å². The Morgan fingerprint density at radius 2 is 1.82 bits per heavy atom. The van der Waals surface area contributed by atoms with Crippen LogP contribution < -0.4 is 5.32 Å². The number of rotatable bonds is 5. The molecular weight excluding hydrogens is 479 g/mol. The first kappa shape index (κ1) is 23.6. The molecule has 0 radical (unpaired) electrons. The number of pyridine rings is 1. The van der Waals surface area contributed by atoms with Crippen LogP contribution in [0.1, 0.15) is 23.2 Å². The molecule has 1 N–H and O–H groups in total. The number of anilines is 1. The lowest BCUT2D eigenvalue weighted by Gasteiger charge is -2.12. The van der Waals surface area contributed by atoms with Gasteiger partial charge < -0.3 is 5.32 Å². The normalized spacial score (nSPS) is 11.9. The molecule has 4 aromatic rings. The highest BCUT2D eigenvalue weighted by Crippen LogP contribution is 2.35. The minimum Gasteiger partial charge on any atom is -0.323 e. The van der Waals surface area contributed by atoms with Crippen LogP contribution in [0.25, 0.3) is 22.3 Å². The number of nitrogens with one attached hydrogen (secondary N) is 1. The molecule has 2 aromatic carbocycles. The van der Waals surface area contributed by atoms with E-state index in [0.29, 0.717) is 11.6 Å². The van der Waals surface area contributed by atoms with Crippen LogP contribution in [0.4, 0.5) is 27.6 Å². The molecule has 1 amide bonds. The fourth-order valence-corrected chi connectivity index (χ4v) is 3.71. The van der Waals surface area contributed by atoms with E-state index < -0.39 is 30.6 Å². The summed E-state index contributed by atoms with van der Waals surface area (Å²) in [5.74, 6) is -0.754. The molecule has 2 heterocycles.